The fraction of sp³-hybridized carbons (Fsp3) is 0.143. The summed E-state index contributed by atoms with van der Waals surface area (Å²) in [5.41, 5.74) is 8.52. The zero-order chi connectivity index (χ0) is 12.1. The molecule has 2 rings (SSSR count). The minimum absolute atomic E-state index is 0.194. The summed E-state index contributed by atoms with van der Waals surface area (Å²) in [6.45, 7) is 0.815. The number of nitrogens with one attached hydrogen (secondary N) is 1. The first kappa shape index (κ1) is 11.5. The summed E-state index contributed by atoms with van der Waals surface area (Å²) >= 11 is 0. The summed E-state index contributed by atoms with van der Waals surface area (Å²) in [5.74, 6) is -0.194. The first-order valence-corrected chi connectivity index (χ1v) is 5.58. The van der Waals surface area contributed by atoms with E-state index in [1.165, 1.54) is 12.1 Å². The van der Waals surface area contributed by atoms with Crippen LogP contribution in [0.2, 0.25) is 0 Å². The zero-order valence-electron chi connectivity index (χ0n) is 9.49. The van der Waals surface area contributed by atoms with Gasteiger partial charge in [-0.25, -0.2) is 4.39 Å². The normalized spacial score (nSPS) is 10.2. The van der Waals surface area contributed by atoms with E-state index in [1.807, 2.05) is 24.3 Å². The number of hydrogen-bond donors (Lipinski definition) is 2. The fourth-order valence-electron chi connectivity index (χ4n) is 1.60. The molecule has 2 aromatic carbocycles. The van der Waals surface area contributed by atoms with Crippen LogP contribution in [-0.2, 0) is 6.42 Å². The highest BCUT2D eigenvalue weighted by Gasteiger charge is 1.95. The van der Waals surface area contributed by atoms with Crippen molar-refractivity contribution >= 4 is 11.4 Å². The monoisotopic (exact) mass is 230 g/mol. The molecule has 0 atom stereocenters. The number of nitrogen functional groups attached to an aromatic ring is 1. The Morgan fingerprint density at radius 3 is 2.24 bits per heavy atom. The first-order valence-electron chi connectivity index (χ1n) is 5.58. The van der Waals surface area contributed by atoms with E-state index >= 15 is 0 Å². The Morgan fingerprint density at radius 1 is 0.941 bits per heavy atom. The summed E-state index contributed by atoms with van der Waals surface area (Å²) in [5, 5.41) is 3.29. The third-order valence-corrected chi connectivity index (χ3v) is 2.57. The number of rotatable bonds is 4. The largest absolute Gasteiger partial charge is 0.399 e. The number of hydrogen-bond acceptors (Lipinski definition) is 2. The van der Waals surface area contributed by atoms with Gasteiger partial charge >= 0.3 is 0 Å². The second kappa shape index (κ2) is 5.34. The number of nitrogens with two attached hydrogens (primary N) is 1. The molecule has 0 heterocycles. The van der Waals surface area contributed by atoms with Crippen molar-refractivity contribution in [3.63, 3.8) is 0 Å². The Hall–Kier alpha value is -2.03. The van der Waals surface area contributed by atoms with Crippen molar-refractivity contribution < 1.29 is 4.39 Å². The van der Waals surface area contributed by atoms with Crippen molar-refractivity contribution in [3.8, 4) is 0 Å². The highest BCUT2D eigenvalue weighted by atomic mass is 19.1. The Labute approximate surface area is 100 Å². The number of halogens is 1. The average molecular weight is 230 g/mol. The molecule has 0 radical (unpaired) electrons. The molecule has 0 amide bonds. The Bertz CT molecular complexity index is 417. The third-order valence-electron chi connectivity index (χ3n) is 2.57. The molecule has 0 aliphatic heterocycles. The van der Waals surface area contributed by atoms with Gasteiger partial charge in [-0.2, -0.15) is 0 Å². The second-order valence-electron chi connectivity index (χ2n) is 3.93. The average Bonchev–Trinajstić information content (AvgIpc) is 2.34. The third kappa shape index (κ3) is 3.48. The van der Waals surface area contributed by atoms with Crippen LogP contribution in [0.15, 0.2) is 48.5 Å². The molecule has 3 heteroatoms. The summed E-state index contributed by atoms with van der Waals surface area (Å²) in [4.78, 5) is 0. The maximum atomic E-state index is 12.7. The highest BCUT2D eigenvalue weighted by Crippen LogP contribution is 2.10. The molecule has 17 heavy (non-hydrogen) atoms. The van der Waals surface area contributed by atoms with Crippen molar-refractivity contribution in [1.29, 1.82) is 0 Å². The highest BCUT2D eigenvalue weighted by molar-refractivity contribution is 5.51. The van der Waals surface area contributed by atoms with E-state index in [1.54, 1.807) is 12.1 Å². The lowest BCUT2D eigenvalue weighted by molar-refractivity contribution is 0.627. The van der Waals surface area contributed by atoms with Gasteiger partial charge < -0.3 is 11.1 Å². The van der Waals surface area contributed by atoms with E-state index in [4.69, 9.17) is 5.73 Å². The van der Waals surface area contributed by atoms with E-state index in [0.29, 0.717) is 0 Å². The van der Waals surface area contributed by atoms with Gasteiger partial charge in [0.15, 0.2) is 0 Å². The number of anilines is 2. The minimum atomic E-state index is -0.194. The zero-order valence-corrected chi connectivity index (χ0v) is 9.49. The van der Waals surface area contributed by atoms with E-state index in [9.17, 15) is 4.39 Å². The predicted molar refractivity (Wildman–Crippen MR) is 69.4 cm³/mol. The van der Waals surface area contributed by atoms with Crippen molar-refractivity contribution in [1.82, 2.24) is 0 Å². The Kier molecular flexibility index (Phi) is 3.60. The quantitative estimate of drug-likeness (QED) is 0.792. The van der Waals surface area contributed by atoms with Crippen LogP contribution in [0.5, 0.6) is 0 Å². The van der Waals surface area contributed by atoms with Crippen LogP contribution in [0.3, 0.4) is 0 Å². The van der Waals surface area contributed by atoms with Gasteiger partial charge in [0.25, 0.3) is 0 Å². The van der Waals surface area contributed by atoms with E-state index in [-0.39, 0.29) is 5.82 Å². The molecule has 0 aliphatic rings. The van der Waals surface area contributed by atoms with Gasteiger partial charge in [0, 0.05) is 17.9 Å². The van der Waals surface area contributed by atoms with Crippen LogP contribution in [0, 0.1) is 5.82 Å². The SMILES string of the molecule is Nc1ccc(NCCc2ccc(F)cc2)cc1. The van der Waals surface area contributed by atoms with Gasteiger partial charge in [0.05, 0.1) is 0 Å². The van der Waals surface area contributed by atoms with Gasteiger partial charge in [-0.1, -0.05) is 12.1 Å². The molecule has 0 aliphatic carbocycles. The van der Waals surface area contributed by atoms with E-state index in [2.05, 4.69) is 5.32 Å². The lowest BCUT2D eigenvalue weighted by Gasteiger charge is -2.06. The molecule has 0 saturated carbocycles. The lowest BCUT2D eigenvalue weighted by atomic mass is 10.1. The molecule has 2 nitrogen and oxygen atoms in total. The summed E-state index contributed by atoms with van der Waals surface area (Å²) in [7, 11) is 0. The van der Waals surface area contributed by atoms with Crippen LogP contribution in [0.25, 0.3) is 0 Å². The molecular formula is C14H15FN2. The molecule has 2 aromatic rings. The van der Waals surface area contributed by atoms with Crippen molar-refractivity contribution in [2.24, 2.45) is 0 Å². The van der Waals surface area contributed by atoms with Gasteiger partial charge in [-0.3, -0.25) is 0 Å². The fourth-order valence-corrected chi connectivity index (χ4v) is 1.60. The van der Waals surface area contributed by atoms with Crippen LogP contribution in [0.4, 0.5) is 15.8 Å². The molecule has 0 unspecified atom stereocenters. The lowest BCUT2D eigenvalue weighted by Crippen LogP contribution is -2.04. The molecule has 0 saturated heterocycles. The summed E-state index contributed by atoms with van der Waals surface area (Å²) < 4.78 is 12.7. The van der Waals surface area contributed by atoms with Gasteiger partial charge in [0.2, 0.25) is 0 Å². The van der Waals surface area contributed by atoms with Gasteiger partial charge in [-0.05, 0) is 48.4 Å². The smallest absolute Gasteiger partial charge is 0.123 e. The van der Waals surface area contributed by atoms with Crippen LogP contribution in [0.1, 0.15) is 5.56 Å². The van der Waals surface area contributed by atoms with Crippen LogP contribution >= 0.6 is 0 Å². The number of benzene rings is 2. The van der Waals surface area contributed by atoms with Crippen LogP contribution < -0.4 is 11.1 Å². The van der Waals surface area contributed by atoms with E-state index in [0.717, 1.165) is 29.9 Å². The molecule has 3 N–H and O–H groups in total. The Morgan fingerprint density at radius 2 is 1.59 bits per heavy atom. The topological polar surface area (TPSA) is 38.0 Å². The van der Waals surface area contributed by atoms with Crippen LogP contribution in [-0.4, -0.2) is 6.54 Å². The Balaban J connectivity index is 1.83. The molecule has 0 spiro atoms. The standard InChI is InChI=1S/C14H15FN2/c15-12-3-1-11(2-4-12)9-10-17-14-7-5-13(16)6-8-14/h1-8,17H,9-10,16H2. The maximum Gasteiger partial charge on any atom is 0.123 e. The first-order chi connectivity index (χ1) is 8.24. The molecule has 0 aromatic heterocycles. The predicted octanol–water partition coefficient (Wildman–Crippen LogP) is 3.06. The second-order valence-corrected chi connectivity index (χ2v) is 3.93. The van der Waals surface area contributed by atoms with E-state index < -0.39 is 0 Å². The van der Waals surface area contributed by atoms with Crippen molar-refractivity contribution in [2.75, 3.05) is 17.6 Å². The maximum absolute atomic E-state index is 12.7. The van der Waals surface area contributed by atoms with Gasteiger partial charge in [0.1, 0.15) is 5.82 Å². The molecule has 88 valence electrons. The minimum Gasteiger partial charge on any atom is -0.399 e. The summed E-state index contributed by atoms with van der Waals surface area (Å²) in [6.07, 6.45) is 0.866. The summed E-state index contributed by atoms with van der Waals surface area (Å²) in [6, 6.07) is 14.2. The molecule has 0 fully saturated rings. The van der Waals surface area contributed by atoms with Crippen molar-refractivity contribution in [2.45, 2.75) is 6.42 Å². The molecule has 0 bridgehead atoms. The van der Waals surface area contributed by atoms with Crippen molar-refractivity contribution in [3.05, 3.63) is 59.9 Å². The van der Waals surface area contributed by atoms with Gasteiger partial charge in [-0.15, -0.1) is 0 Å². The molecular weight excluding hydrogens is 215 g/mol.